The van der Waals surface area contributed by atoms with E-state index in [1.807, 2.05) is 6.20 Å². The zero-order valence-corrected chi connectivity index (χ0v) is 12.3. The van der Waals surface area contributed by atoms with Gasteiger partial charge >= 0.3 is 0 Å². The van der Waals surface area contributed by atoms with Crippen LogP contribution in [0.1, 0.15) is 75.5 Å². The van der Waals surface area contributed by atoms with Crippen LogP contribution in [0.2, 0.25) is 0 Å². The van der Waals surface area contributed by atoms with Crippen LogP contribution < -0.4 is 5.73 Å². The Morgan fingerprint density at radius 1 is 1.32 bits per heavy atom. The van der Waals surface area contributed by atoms with Crippen molar-refractivity contribution < 1.29 is 0 Å². The van der Waals surface area contributed by atoms with Gasteiger partial charge in [-0.1, -0.05) is 45.1 Å². The monoisotopic (exact) mass is 260 g/mol. The summed E-state index contributed by atoms with van der Waals surface area (Å²) in [5.74, 6) is 0.496. The molecule has 0 aromatic carbocycles. The van der Waals surface area contributed by atoms with Crippen molar-refractivity contribution in [2.45, 2.75) is 76.7 Å². The standard InChI is InChI=1S/C17H28N2/c1-2-3-4-5-6-12-16(18)15-11-7-9-14-10-8-13-19-17(14)15/h8,10,13,15-16H,2-7,9,11-12,18H2,1H3. The molecule has 2 N–H and O–H groups in total. The number of pyridine rings is 1. The first-order valence-corrected chi connectivity index (χ1v) is 8.02. The first kappa shape index (κ1) is 14.5. The highest BCUT2D eigenvalue weighted by atomic mass is 14.7. The molecule has 0 amide bonds. The van der Waals surface area contributed by atoms with E-state index in [9.17, 15) is 0 Å². The molecule has 2 unspecified atom stereocenters. The Kier molecular flexibility index (Phi) is 5.84. The second kappa shape index (κ2) is 7.64. The highest BCUT2D eigenvalue weighted by Gasteiger charge is 2.26. The van der Waals surface area contributed by atoms with Gasteiger partial charge in [-0.3, -0.25) is 4.98 Å². The Hall–Kier alpha value is -0.890. The molecule has 2 rings (SSSR count). The second-order valence-electron chi connectivity index (χ2n) is 5.91. The molecule has 2 nitrogen and oxygen atoms in total. The number of hydrogen-bond donors (Lipinski definition) is 1. The van der Waals surface area contributed by atoms with Crippen molar-refractivity contribution in [2.75, 3.05) is 0 Å². The minimum atomic E-state index is 0.301. The Morgan fingerprint density at radius 3 is 3.00 bits per heavy atom. The third-order valence-corrected chi connectivity index (χ3v) is 4.40. The lowest BCUT2D eigenvalue weighted by Crippen LogP contribution is -2.31. The molecule has 1 aliphatic rings. The average molecular weight is 260 g/mol. The van der Waals surface area contributed by atoms with Gasteiger partial charge in [0, 0.05) is 23.9 Å². The molecule has 0 fully saturated rings. The molecular weight excluding hydrogens is 232 g/mol. The summed E-state index contributed by atoms with van der Waals surface area (Å²) < 4.78 is 0. The van der Waals surface area contributed by atoms with E-state index in [4.69, 9.17) is 5.73 Å². The Morgan fingerprint density at radius 2 is 2.16 bits per heavy atom. The number of aryl methyl sites for hydroxylation is 1. The lowest BCUT2D eigenvalue weighted by atomic mass is 9.80. The van der Waals surface area contributed by atoms with Crippen LogP contribution in [0, 0.1) is 0 Å². The minimum Gasteiger partial charge on any atom is -0.327 e. The van der Waals surface area contributed by atoms with E-state index in [0.717, 1.165) is 6.42 Å². The molecule has 19 heavy (non-hydrogen) atoms. The molecule has 2 heteroatoms. The van der Waals surface area contributed by atoms with Gasteiger partial charge in [-0.15, -0.1) is 0 Å². The van der Waals surface area contributed by atoms with Gasteiger partial charge in [-0.05, 0) is 37.3 Å². The smallest absolute Gasteiger partial charge is 0.0481 e. The zero-order chi connectivity index (χ0) is 13.5. The van der Waals surface area contributed by atoms with Gasteiger partial charge in [0.1, 0.15) is 0 Å². The van der Waals surface area contributed by atoms with Crippen LogP contribution in [0.4, 0.5) is 0 Å². The van der Waals surface area contributed by atoms with Crippen molar-refractivity contribution in [3.8, 4) is 0 Å². The van der Waals surface area contributed by atoms with E-state index in [0.29, 0.717) is 12.0 Å². The lowest BCUT2D eigenvalue weighted by molar-refractivity contribution is 0.417. The van der Waals surface area contributed by atoms with Crippen molar-refractivity contribution in [2.24, 2.45) is 5.73 Å². The Labute approximate surface area is 117 Å². The summed E-state index contributed by atoms with van der Waals surface area (Å²) in [4.78, 5) is 4.60. The van der Waals surface area contributed by atoms with Crippen LogP contribution in [-0.2, 0) is 6.42 Å². The van der Waals surface area contributed by atoms with Crippen molar-refractivity contribution in [3.05, 3.63) is 29.6 Å². The summed E-state index contributed by atoms with van der Waals surface area (Å²) in [5, 5.41) is 0. The highest BCUT2D eigenvalue weighted by Crippen LogP contribution is 2.33. The van der Waals surface area contributed by atoms with Crippen LogP contribution >= 0.6 is 0 Å². The fraction of sp³-hybridized carbons (Fsp3) is 0.706. The van der Waals surface area contributed by atoms with Gasteiger partial charge in [-0.2, -0.15) is 0 Å². The molecule has 1 aromatic rings. The molecule has 0 saturated heterocycles. The molecule has 0 saturated carbocycles. The highest BCUT2D eigenvalue weighted by molar-refractivity contribution is 5.27. The molecule has 0 bridgehead atoms. The third-order valence-electron chi connectivity index (χ3n) is 4.40. The molecule has 1 heterocycles. The quantitative estimate of drug-likeness (QED) is 0.747. The molecule has 0 spiro atoms. The normalized spacial score (nSPS) is 20.0. The van der Waals surface area contributed by atoms with E-state index in [2.05, 4.69) is 24.0 Å². The van der Waals surface area contributed by atoms with Gasteiger partial charge in [0.05, 0.1) is 0 Å². The molecule has 1 aliphatic carbocycles. The number of unbranched alkanes of at least 4 members (excludes halogenated alkanes) is 4. The number of aromatic nitrogens is 1. The maximum atomic E-state index is 6.44. The van der Waals surface area contributed by atoms with E-state index < -0.39 is 0 Å². The number of hydrogen-bond acceptors (Lipinski definition) is 2. The van der Waals surface area contributed by atoms with E-state index >= 15 is 0 Å². The first-order chi connectivity index (χ1) is 9.33. The van der Waals surface area contributed by atoms with Crippen molar-refractivity contribution >= 4 is 0 Å². The number of rotatable bonds is 7. The van der Waals surface area contributed by atoms with Gasteiger partial charge in [0.2, 0.25) is 0 Å². The average Bonchev–Trinajstić information content (AvgIpc) is 2.46. The molecule has 0 aliphatic heterocycles. The van der Waals surface area contributed by atoms with E-state index in [-0.39, 0.29) is 0 Å². The number of fused-ring (bicyclic) bond motifs is 1. The van der Waals surface area contributed by atoms with Crippen LogP contribution in [0.3, 0.4) is 0 Å². The van der Waals surface area contributed by atoms with Crippen LogP contribution in [0.25, 0.3) is 0 Å². The molecular formula is C17H28N2. The fourth-order valence-electron chi connectivity index (χ4n) is 3.25. The largest absolute Gasteiger partial charge is 0.327 e. The summed E-state index contributed by atoms with van der Waals surface area (Å²) in [6.45, 7) is 2.26. The predicted molar refractivity (Wildman–Crippen MR) is 81.3 cm³/mol. The second-order valence-corrected chi connectivity index (χ2v) is 5.91. The van der Waals surface area contributed by atoms with Gasteiger partial charge in [-0.25, -0.2) is 0 Å². The number of nitrogens with zero attached hydrogens (tertiary/aromatic N) is 1. The molecule has 0 radical (unpaired) electrons. The van der Waals surface area contributed by atoms with Crippen molar-refractivity contribution in [3.63, 3.8) is 0 Å². The van der Waals surface area contributed by atoms with Crippen molar-refractivity contribution in [1.82, 2.24) is 4.98 Å². The molecule has 1 aromatic heterocycles. The summed E-state index contributed by atoms with van der Waals surface area (Å²) >= 11 is 0. The summed E-state index contributed by atoms with van der Waals surface area (Å²) in [6, 6.07) is 4.58. The van der Waals surface area contributed by atoms with Gasteiger partial charge in [0.25, 0.3) is 0 Å². The van der Waals surface area contributed by atoms with Crippen LogP contribution in [0.15, 0.2) is 18.3 Å². The Bertz CT molecular complexity index is 375. The van der Waals surface area contributed by atoms with Crippen LogP contribution in [0.5, 0.6) is 0 Å². The van der Waals surface area contributed by atoms with Crippen LogP contribution in [-0.4, -0.2) is 11.0 Å². The zero-order valence-electron chi connectivity index (χ0n) is 12.3. The molecule has 106 valence electrons. The summed E-state index contributed by atoms with van der Waals surface area (Å²) in [5.41, 5.74) is 9.16. The third kappa shape index (κ3) is 4.04. The van der Waals surface area contributed by atoms with Gasteiger partial charge < -0.3 is 5.73 Å². The minimum absolute atomic E-state index is 0.301. The molecule has 2 atom stereocenters. The SMILES string of the molecule is CCCCCCCC(N)C1CCCc2cccnc21. The van der Waals surface area contributed by atoms with E-state index in [1.165, 1.54) is 62.6 Å². The summed E-state index contributed by atoms with van der Waals surface area (Å²) in [7, 11) is 0. The summed E-state index contributed by atoms with van der Waals surface area (Å²) in [6.07, 6.45) is 13.4. The lowest BCUT2D eigenvalue weighted by Gasteiger charge is -2.29. The first-order valence-electron chi connectivity index (χ1n) is 8.02. The Balaban J connectivity index is 1.84. The maximum absolute atomic E-state index is 6.44. The van der Waals surface area contributed by atoms with Gasteiger partial charge in [0.15, 0.2) is 0 Å². The number of nitrogens with two attached hydrogens (primary N) is 1. The fourth-order valence-corrected chi connectivity index (χ4v) is 3.25. The maximum Gasteiger partial charge on any atom is 0.0481 e. The van der Waals surface area contributed by atoms with Crippen molar-refractivity contribution in [1.29, 1.82) is 0 Å². The topological polar surface area (TPSA) is 38.9 Å². The predicted octanol–water partition coefficient (Wildman–Crippen LogP) is 4.19. The van der Waals surface area contributed by atoms with E-state index in [1.54, 1.807) is 0 Å².